The van der Waals surface area contributed by atoms with E-state index in [0.717, 1.165) is 42.0 Å². The van der Waals surface area contributed by atoms with Gasteiger partial charge in [0.1, 0.15) is 11.4 Å². The highest BCUT2D eigenvalue weighted by molar-refractivity contribution is 6.08. The summed E-state index contributed by atoms with van der Waals surface area (Å²) >= 11 is 0. The minimum Gasteiger partial charge on any atom is -0.497 e. The molecular formula is C30H37ClN6O4. The van der Waals surface area contributed by atoms with Crippen molar-refractivity contribution < 1.29 is 19.1 Å². The van der Waals surface area contributed by atoms with Gasteiger partial charge in [0.05, 0.1) is 31.6 Å². The van der Waals surface area contributed by atoms with E-state index < -0.39 is 0 Å². The molecule has 0 aliphatic carbocycles. The largest absolute Gasteiger partial charge is 0.497 e. The lowest BCUT2D eigenvalue weighted by atomic mass is 10.0. The van der Waals surface area contributed by atoms with Gasteiger partial charge in [-0.15, -0.1) is 12.4 Å². The SMILES string of the molecule is COc1ccc(-n2nc(CN(C)C(=O)CN(C)C)c3c2C(=O)N(c2ccc(N4CCCCC4=O)cc2)CC3)cc1.Cl. The highest BCUT2D eigenvalue weighted by Crippen LogP contribution is 2.31. The van der Waals surface area contributed by atoms with Crippen LogP contribution in [0.2, 0.25) is 0 Å². The van der Waals surface area contributed by atoms with Gasteiger partial charge in [-0.25, -0.2) is 4.68 Å². The Hall–Kier alpha value is -3.89. The van der Waals surface area contributed by atoms with E-state index in [1.54, 1.807) is 28.6 Å². The highest BCUT2D eigenvalue weighted by Gasteiger charge is 2.34. The second-order valence-corrected chi connectivity index (χ2v) is 10.6. The molecule has 2 aliphatic rings. The number of benzene rings is 2. The zero-order valence-electron chi connectivity index (χ0n) is 24.0. The third-order valence-electron chi connectivity index (χ3n) is 7.48. The van der Waals surface area contributed by atoms with Crippen molar-refractivity contribution in [1.29, 1.82) is 0 Å². The topological polar surface area (TPSA) is 91.2 Å². The van der Waals surface area contributed by atoms with Gasteiger partial charge in [0.25, 0.3) is 5.91 Å². The molecule has 10 nitrogen and oxygen atoms in total. The molecule has 0 bridgehead atoms. The third kappa shape index (κ3) is 6.23. The Kier molecular flexibility index (Phi) is 9.35. The van der Waals surface area contributed by atoms with Gasteiger partial charge in [-0.1, -0.05) is 0 Å². The first kappa shape index (κ1) is 30.1. The smallest absolute Gasteiger partial charge is 0.277 e. The summed E-state index contributed by atoms with van der Waals surface area (Å²) in [5, 5.41) is 4.86. The number of hydrogen-bond acceptors (Lipinski definition) is 6. The second-order valence-electron chi connectivity index (χ2n) is 10.6. The summed E-state index contributed by atoms with van der Waals surface area (Å²) in [5.41, 5.74) is 4.43. The van der Waals surface area contributed by atoms with Gasteiger partial charge in [0.2, 0.25) is 11.8 Å². The summed E-state index contributed by atoms with van der Waals surface area (Å²) < 4.78 is 7.00. The number of hydrogen-bond donors (Lipinski definition) is 0. The van der Waals surface area contributed by atoms with E-state index in [9.17, 15) is 14.4 Å². The Morgan fingerprint density at radius 1 is 0.878 bits per heavy atom. The van der Waals surface area contributed by atoms with Gasteiger partial charge < -0.3 is 24.3 Å². The number of rotatable bonds is 8. The van der Waals surface area contributed by atoms with E-state index in [4.69, 9.17) is 9.84 Å². The fraction of sp³-hybridized carbons (Fsp3) is 0.400. The number of ether oxygens (including phenoxy) is 1. The second kappa shape index (κ2) is 12.7. The van der Waals surface area contributed by atoms with Crippen molar-refractivity contribution in [2.24, 2.45) is 0 Å². The van der Waals surface area contributed by atoms with Gasteiger partial charge in [0, 0.05) is 43.5 Å². The number of carbonyl (C=O) groups is 3. The van der Waals surface area contributed by atoms with Crippen molar-refractivity contribution in [2.75, 3.05) is 57.7 Å². The molecule has 0 saturated carbocycles. The van der Waals surface area contributed by atoms with Crippen molar-refractivity contribution in [1.82, 2.24) is 19.6 Å². The molecule has 0 unspecified atom stereocenters. The van der Waals surface area contributed by atoms with Crippen molar-refractivity contribution in [2.45, 2.75) is 32.2 Å². The molecular weight excluding hydrogens is 544 g/mol. The molecule has 5 rings (SSSR count). The molecule has 1 aromatic heterocycles. The normalized spacial score (nSPS) is 15.0. The lowest BCUT2D eigenvalue weighted by Crippen LogP contribution is -2.39. The van der Waals surface area contributed by atoms with Crippen LogP contribution in [0.25, 0.3) is 5.69 Å². The van der Waals surface area contributed by atoms with Gasteiger partial charge in [0.15, 0.2) is 0 Å². The van der Waals surface area contributed by atoms with E-state index in [2.05, 4.69) is 0 Å². The van der Waals surface area contributed by atoms with Crippen LogP contribution in [0.5, 0.6) is 5.75 Å². The number of nitrogens with zero attached hydrogens (tertiary/aromatic N) is 6. The lowest BCUT2D eigenvalue weighted by molar-refractivity contribution is -0.131. The zero-order chi connectivity index (χ0) is 28.4. The first-order valence-electron chi connectivity index (χ1n) is 13.6. The first-order valence-corrected chi connectivity index (χ1v) is 13.6. The van der Waals surface area contributed by atoms with Crippen LogP contribution in [0.1, 0.15) is 41.0 Å². The Bertz CT molecular complexity index is 1400. The van der Waals surface area contributed by atoms with Gasteiger partial charge in [-0.2, -0.15) is 5.10 Å². The summed E-state index contributed by atoms with van der Waals surface area (Å²) in [5.74, 6) is 0.676. The Morgan fingerprint density at radius 2 is 1.51 bits per heavy atom. The van der Waals surface area contributed by atoms with Gasteiger partial charge in [-0.3, -0.25) is 14.4 Å². The summed E-state index contributed by atoms with van der Waals surface area (Å²) in [6, 6.07) is 15.0. The summed E-state index contributed by atoms with van der Waals surface area (Å²) in [6.07, 6.45) is 3.10. The summed E-state index contributed by atoms with van der Waals surface area (Å²) in [4.78, 5) is 46.2. The minimum atomic E-state index is -0.153. The molecule has 0 radical (unpaired) electrons. The minimum absolute atomic E-state index is 0. The van der Waals surface area contributed by atoms with E-state index in [1.165, 1.54) is 0 Å². The average Bonchev–Trinajstić information content (AvgIpc) is 3.32. The van der Waals surface area contributed by atoms with E-state index >= 15 is 0 Å². The van der Waals surface area contributed by atoms with Crippen molar-refractivity contribution in [3.8, 4) is 11.4 Å². The number of piperidine rings is 1. The number of fused-ring (bicyclic) bond motifs is 1. The van der Waals surface area contributed by atoms with E-state index in [-0.39, 0.29) is 30.1 Å². The molecule has 11 heteroatoms. The lowest BCUT2D eigenvalue weighted by Gasteiger charge is -2.30. The number of likely N-dealkylation sites (N-methyl/N-ethyl adjacent to an activating group) is 2. The molecule has 0 spiro atoms. The maximum atomic E-state index is 14.0. The van der Waals surface area contributed by atoms with Crippen LogP contribution in [-0.2, 0) is 22.6 Å². The number of methoxy groups -OCH3 is 1. The Balaban J connectivity index is 0.00000387. The molecule has 0 atom stereocenters. The fourth-order valence-corrected chi connectivity index (χ4v) is 5.31. The molecule has 41 heavy (non-hydrogen) atoms. The molecule has 218 valence electrons. The monoisotopic (exact) mass is 580 g/mol. The van der Waals surface area contributed by atoms with Crippen LogP contribution in [-0.4, -0.2) is 85.2 Å². The molecule has 0 N–H and O–H groups in total. The standard InChI is InChI=1S/C30H36N6O4.ClH/c1-32(2)20-28(38)33(3)19-26-25-16-18-35(22-10-8-21(9-11-22)34-17-6-5-7-27(34)37)30(39)29(25)36(31-26)23-12-14-24(40-4)15-13-23;/h8-15H,5-7,16-20H2,1-4H3;1H. The molecule has 3 aromatic rings. The summed E-state index contributed by atoms with van der Waals surface area (Å²) in [7, 11) is 7.08. The molecule has 1 saturated heterocycles. The fourth-order valence-electron chi connectivity index (χ4n) is 5.31. The van der Waals surface area contributed by atoms with Crippen molar-refractivity contribution in [3.63, 3.8) is 0 Å². The van der Waals surface area contributed by atoms with Crippen LogP contribution in [0.4, 0.5) is 11.4 Å². The van der Waals surface area contributed by atoms with Crippen LogP contribution >= 0.6 is 12.4 Å². The van der Waals surface area contributed by atoms with Crippen LogP contribution in [0.15, 0.2) is 48.5 Å². The Labute approximate surface area is 246 Å². The molecule has 2 aromatic carbocycles. The molecule has 2 aliphatic heterocycles. The zero-order valence-corrected chi connectivity index (χ0v) is 24.8. The van der Waals surface area contributed by atoms with Crippen molar-refractivity contribution >= 4 is 41.5 Å². The maximum Gasteiger partial charge on any atom is 0.277 e. The predicted octanol–water partition coefficient (Wildman–Crippen LogP) is 3.54. The molecule has 3 heterocycles. The third-order valence-corrected chi connectivity index (χ3v) is 7.48. The highest BCUT2D eigenvalue weighted by atomic mass is 35.5. The molecule has 3 amide bonds. The van der Waals surface area contributed by atoms with Crippen LogP contribution in [0.3, 0.4) is 0 Å². The maximum absolute atomic E-state index is 14.0. The number of halogens is 1. The van der Waals surface area contributed by atoms with Gasteiger partial charge in [-0.05, 0) is 81.9 Å². The van der Waals surface area contributed by atoms with E-state index in [1.807, 2.05) is 72.4 Å². The Morgan fingerprint density at radius 3 is 2.12 bits per heavy atom. The van der Waals surface area contributed by atoms with Crippen molar-refractivity contribution in [3.05, 3.63) is 65.5 Å². The van der Waals surface area contributed by atoms with E-state index in [0.29, 0.717) is 49.6 Å². The number of carbonyl (C=O) groups excluding carboxylic acids is 3. The van der Waals surface area contributed by atoms with Crippen LogP contribution < -0.4 is 14.5 Å². The molecule has 1 fully saturated rings. The van der Waals surface area contributed by atoms with Crippen LogP contribution in [0, 0.1) is 0 Å². The average molecular weight is 581 g/mol. The number of amides is 3. The number of anilines is 2. The quantitative estimate of drug-likeness (QED) is 0.405. The van der Waals surface area contributed by atoms with Gasteiger partial charge >= 0.3 is 0 Å². The predicted molar refractivity (Wildman–Crippen MR) is 160 cm³/mol. The first-order chi connectivity index (χ1) is 19.3. The summed E-state index contributed by atoms with van der Waals surface area (Å²) in [6.45, 7) is 1.82. The number of aromatic nitrogens is 2.